The van der Waals surface area contributed by atoms with E-state index in [4.69, 9.17) is 12.2 Å². The van der Waals surface area contributed by atoms with Crippen molar-refractivity contribution in [3.63, 3.8) is 0 Å². The maximum Gasteiger partial charge on any atom is 0.243 e. The molecule has 0 bridgehead atoms. The monoisotopic (exact) mass is 447 g/mol. The van der Waals surface area contributed by atoms with Crippen LogP contribution >= 0.6 is 12.2 Å². The molecule has 0 radical (unpaired) electrons. The fraction of sp³-hybridized carbons (Fsp3) is 0.300. The first-order chi connectivity index (χ1) is 14.4. The molecule has 0 N–H and O–H groups in total. The molecular weight excluding hydrogens is 425 g/mol. The van der Waals surface area contributed by atoms with Gasteiger partial charge in [-0.15, -0.1) is 0 Å². The van der Waals surface area contributed by atoms with E-state index in [2.05, 4.69) is 10.00 Å². The van der Waals surface area contributed by atoms with E-state index >= 15 is 0 Å². The fourth-order valence-electron chi connectivity index (χ4n) is 3.50. The molecule has 2 heterocycles. The maximum absolute atomic E-state index is 13.5. The number of aromatic nitrogens is 3. The molecule has 1 aliphatic heterocycles. The van der Waals surface area contributed by atoms with Gasteiger partial charge in [0.05, 0.1) is 11.6 Å². The molecule has 2 aromatic carbocycles. The van der Waals surface area contributed by atoms with Crippen LogP contribution in [0.4, 0.5) is 4.39 Å². The van der Waals surface area contributed by atoms with Crippen molar-refractivity contribution in [2.45, 2.75) is 11.6 Å². The molecule has 30 heavy (non-hydrogen) atoms. The molecule has 158 valence electrons. The summed E-state index contributed by atoms with van der Waals surface area (Å²) in [6, 6.07) is 14.9. The lowest BCUT2D eigenvalue weighted by atomic mass is 10.2. The minimum Gasteiger partial charge on any atom is -0.303 e. The Labute approximate surface area is 180 Å². The number of sulfonamides is 1. The van der Waals surface area contributed by atoms with Gasteiger partial charge in [0.2, 0.25) is 10.0 Å². The molecule has 1 fully saturated rings. The van der Waals surface area contributed by atoms with E-state index in [1.807, 2.05) is 41.9 Å². The van der Waals surface area contributed by atoms with Crippen molar-refractivity contribution < 1.29 is 12.8 Å². The number of benzene rings is 2. The number of halogens is 1. The summed E-state index contributed by atoms with van der Waals surface area (Å²) in [4.78, 5) is 2.09. The SMILES string of the molecule is Cn1c(-c2ccccc2)nn(CN2CCN(S(=O)(=O)c3cccc(F)c3)CC2)c1=S. The van der Waals surface area contributed by atoms with E-state index in [1.54, 1.807) is 4.68 Å². The quantitative estimate of drug-likeness (QED) is 0.563. The second-order valence-corrected chi connectivity index (χ2v) is 9.45. The van der Waals surface area contributed by atoms with E-state index in [-0.39, 0.29) is 4.90 Å². The van der Waals surface area contributed by atoms with Crippen LogP contribution in [0.25, 0.3) is 11.4 Å². The standard InChI is InChI=1S/C20H22FN5O2S2/c1-23-19(16-6-3-2-4-7-16)22-26(20(23)29)15-24-10-12-25(13-11-24)30(27,28)18-9-5-8-17(21)14-18/h2-9,14H,10-13,15H2,1H3. The van der Waals surface area contributed by atoms with Gasteiger partial charge in [0, 0.05) is 38.8 Å². The van der Waals surface area contributed by atoms with Gasteiger partial charge in [-0.25, -0.2) is 17.5 Å². The van der Waals surface area contributed by atoms with Crippen LogP contribution in [0.1, 0.15) is 0 Å². The Morgan fingerprint density at radius 2 is 1.73 bits per heavy atom. The van der Waals surface area contributed by atoms with Crippen molar-refractivity contribution in [3.05, 3.63) is 65.2 Å². The molecule has 0 unspecified atom stereocenters. The van der Waals surface area contributed by atoms with Crippen LogP contribution in [0.5, 0.6) is 0 Å². The second-order valence-electron chi connectivity index (χ2n) is 7.15. The first kappa shape index (κ1) is 20.9. The van der Waals surface area contributed by atoms with Crippen molar-refractivity contribution in [3.8, 4) is 11.4 Å². The number of piperazine rings is 1. The summed E-state index contributed by atoms with van der Waals surface area (Å²) < 4.78 is 44.6. The van der Waals surface area contributed by atoms with Crippen molar-refractivity contribution in [2.24, 2.45) is 7.05 Å². The van der Waals surface area contributed by atoms with Gasteiger partial charge in [-0.3, -0.25) is 4.90 Å². The summed E-state index contributed by atoms with van der Waals surface area (Å²) in [5.74, 6) is 0.223. The van der Waals surface area contributed by atoms with Gasteiger partial charge in [-0.1, -0.05) is 36.4 Å². The molecule has 4 rings (SSSR count). The second kappa shape index (κ2) is 8.38. The lowest BCUT2D eigenvalue weighted by molar-refractivity contribution is 0.144. The highest BCUT2D eigenvalue weighted by atomic mass is 32.2. The summed E-state index contributed by atoms with van der Waals surface area (Å²) >= 11 is 5.54. The van der Waals surface area contributed by atoms with E-state index in [1.165, 1.54) is 22.5 Å². The molecule has 0 atom stereocenters. The number of nitrogens with zero attached hydrogens (tertiary/aromatic N) is 5. The fourth-order valence-corrected chi connectivity index (χ4v) is 5.14. The summed E-state index contributed by atoms with van der Waals surface area (Å²) in [6.45, 7) is 2.20. The molecule has 10 heteroatoms. The molecule has 0 saturated carbocycles. The smallest absolute Gasteiger partial charge is 0.243 e. The Morgan fingerprint density at radius 1 is 1.03 bits per heavy atom. The van der Waals surface area contributed by atoms with E-state index in [0.717, 1.165) is 17.5 Å². The summed E-state index contributed by atoms with van der Waals surface area (Å²) in [6.07, 6.45) is 0. The van der Waals surface area contributed by atoms with Crippen molar-refractivity contribution in [1.29, 1.82) is 0 Å². The van der Waals surface area contributed by atoms with Crippen molar-refractivity contribution in [1.82, 2.24) is 23.6 Å². The zero-order valence-electron chi connectivity index (χ0n) is 16.5. The molecule has 1 saturated heterocycles. The Morgan fingerprint density at radius 3 is 2.40 bits per heavy atom. The molecule has 0 aliphatic carbocycles. The highest BCUT2D eigenvalue weighted by Crippen LogP contribution is 2.20. The first-order valence-electron chi connectivity index (χ1n) is 9.53. The third kappa shape index (κ3) is 4.08. The lowest BCUT2D eigenvalue weighted by Gasteiger charge is -2.33. The minimum atomic E-state index is -3.71. The van der Waals surface area contributed by atoms with Crippen LogP contribution < -0.4 is 0 Å². The summed E-state index contributed by atoms with van der Waals surface area (Å²) in [5.41, 5.74) is 0.982. The van der Waals surface area contributed by atoms with Gasteiger partial charge in [0.15, 0.2) is 10.6 Å². The Kier molecular flexibility index (Phi) is 5.83. The summed E-state index contributed by atoms with van der Waals surface area (Å²) in [5, 5.41) is 4.66. The Bertz CT molecular complexity index is 1200. The minimum absolute atomic E-state index is 0.0181. The molecule has 3 aromatic rings. The van der Waals surface area contributed by atoms with Gasteiger partial charge in [0.1, 0.15) is 5.82 Å². The first-order valence-corrected chi connectivity index (χ1v) is 11.4. The van der Waals surface area contributed by atoms with Crippen LogP contribution in [0.2, 0.25) is 0 Å². The third-order valence-electron chi connectivity index (χ3n) is 5.17. The third-order valence-corrected chi connectivity index (χ3v) is 7.55. The molecular formula is C20H22FN5O2S2. The molecule has 1 aromatic heterocycles. The zero-order chi connectivity index (χ0) is 21.3. The van der Waals surface area contributed by atoms with Gasteiger partial charge in [-0.2, -0.15) is 9.40 Å². The topological polar surface area (TPSA) is 63.4 Å². The molecule has 1 aliphatic rings. The van der Waals surface area contributed by atoms with Crippen molar-refractivity contribution >= 4 is 22.2 Å². The number of hydrogen-bond acceptors (Lipinski definition) is 5. The van der Waals surface area contributed by atoms with Crippen LogP contribution in [-0.2, 0) is 23.7 Å². The van der Waals surface area contributed by atoms with Gasteiger partial charge < -0.3 is 4.57 Å². The van der Waals surface area contributed by atoms with Crippen LogP contribution in [-0.4, -0.2) is 58.1 Å². The lowest BCUT2D eigenvalue weighted by Crippen LogP contribution is -2.48. The van der Waals surface area contributed by atoms with E-state index < -0.39 is 15.8 Å². The Hall–Kier alpha value is -2.40. The Balaban J connectivity index is 1.45. The predicted octanol–water partition coefficient (Wildman–Crippen LogP) is 2.72. The maximum atomic E-state index is 13.5. The largest absolute Gasteiger partial charge is 0.303 e. The van der Waals surface area contributed by atoms with E-state index in [9.17, 15) is 12.8 Å². The zero-order valence-corrected chi connectivity index (χ0v) is 18.1. The van der Waals surface area contributed by atoms with E-state index in [0.29, 0.717) is 37.6 Å². The summed E-state index contributed by atoms with van der Waals surface area (Å²) in [7, 11) is -1.82. The van der Waals surface area contributed by atoms with Crippen LogP contribution in [0, 0.1) is 10.6 Å². The average molecular weight is 448 g/mol. The number of hydrogen-bond donors (Lipinski definition) is 0. The van der Waals surface area contributed by atoms with Crippen molar-refractivity contribution in [2.75, 3.05) is 26.2 Å². The molecule has 7 nitrogen and oxygen atoms in total. The molecule has 0 amide bonds. The number of rotatable bonds is 5. The van der Waals surface area contributed by atoms with Gasteiger partial charge in [0.25, 0.3) is 0 Å². The van der Waals surface area contributed by atoms with Gasteiger partial charge in [-0.05, 0) is 30.4 Å². The van der Waals surface area contributed by atoms with Gasteiger partial charge >= 0.3 is 0 Å². The van der Waals surface area contributed by atoms with Crippen LogP contribution in [0.3, 0.4) is 0 Å². The normalized spacial score (nSPS) is 16.1. The average Bonchev–Trinajstić information content (AvgIpc) is 3.03. The predicted molar refractivity (Wildman–Crippen MR) is 114 cm³/mol. The molecule has 0 spiro atoms. The van der Waals surface area contributed by atoms with Crippen LogP contribution in [0.15, 0.2) is 59.5 Å². The highest BCUT2D eigenvalue weighted by Gasteiger charge is 2.29. The highest BCUT2D eigenvalue weighted by molar-refractivity contribution is 7.89.